The van der Waals surface area contributed by atoms with E-state index < -0.39 is 0 Å². The minimum Gasteiger partial charge on any atom is -0.465 e. The van der Waals surface area contributed by atoms with Gasteiger partial charge in [-0.05, 0) is 31.7 Å². The van der Waals surface area contributed by atoms with Gasteiger partial charge in [0, 0.05) is 0 Å². The van der Waals surface area contributed by atoms with Crippen molar-refractivity contribution in [2.24, 2.45) is 5.41 Å². The van der Waals surface area contributed by atoms with E-state index in [0.717, 1.165) is 19.3 Å². The summed E-state index contributed by atoms with van der Waals surface area (Å²) in [6, 6.07) is 10.3. The number of rotatable bonds is 3. The first-order valence-corrected chi connectivity index (χ1v) is 5.42. The first kappa shape index (κ1) is 10.2. The highest BCUT2D eigenvalue weighted by molar-refractivity contribution is 5.78. The van der Waals surface area contributed by atoms with Crippen molar-refractivity contribution in [1.29, 1.82) is 0 Å². The van der Waals surface area contributed by atoms with Crippen LogP contribution in [0.25, 0.3) is 0 Å². The first-order chi connectivity index (χ1) is 7.21. The maximum Gasteiger partial charge on any atom is 0.311 e. The average Bonchev–Trinajstić information content (AvgIpc) is 2.59. The Kier molecular flexibility index (Phi) is 2.76. The summed E-state index contributed by atoms with van der Waals surface area (Å²) in [5.74, 6) is -0.0292. The lowest BCUT2D eigenvalue weighted by Crippen LogP contribution is -2.22. The second kappa shape index (κ2) is 4.05. The van der Waals surface area contributed by atoms with Crippen LogP contribution in [0, 0.1) is 5.41 Å². The van der Waals surface area contributed by atoms with Crippen LogP contribution in [0.1, 0.15) is 25.3 Å². The highest BCUT2D eigenvalue weighted by Crippen LogP contribution is 2.34. The molecule has 1 atom stereocenters. The molecule has 1 aliphatic heterocycles. The molecule has 2 rings (SSSR count). The number of aryl methyl sites for hydroxylation is 1. The highest BCUT2D eigenvalue weighted by atomic mass is 16.5. The average molecular weight is 204 g/mol. The van der Waals surface area contributed by atoms with E-state index in [1.165, 1.54) is 5.56 Å². The molecule has 1 fully saturated rings. The topological polar surface area (TPSA) is 26.3 Å². The number of cyclic esters (lactones) is 1. The number of benzene rings is 1. The smallest absolute Gasteiger partial charge is 0.311 e. The maximum atomic E-state index is 11.5. The third-order valence-electron chi connectivity index (χ3n) is 3.19. The van der Waals surface area contributed by atoms with E-state index in [0.29, 0.717) is 6.61 Å². The van der Waals surface area contributed by atoms with Crippen molar-refractivity contribution in [3.05, 3.63) is 35.9 Å². The molecule has 1 aromatic rings. The number of carbonyl (C=O) groups excluding carboxylic acids is 1. The number of hydrogen-bond acceptors (Lipinski definition) is 2. The van der Waals surface area contributed by atoms with Crippen LogP contribution < -0.4 is 0 Å². The summed E-state index contributed by atoms with van der Waals surface area (Å²) in [5.41, 5.74) is 1.04. The molecule has 0 aromatic heterocycles. The summed E-state index contributed by atoms with van der Waals surface area (Å²) in [6.45, 7) is 2.59. The van der Waals surface area contributed by atoms with E-state index in [-0.39, 0.29) is 11.4 Å². The molecule has 2 nitrogen and oxygen atoms in total. The van der Waals surface area contributed by atoms with Crippen molar-refractivity contribution < 1.29 is 9.53 Å². The van der Waals surface area contributed by atoms with Gasteiger partial charge in [-0.2, -0.15) is 0 Å². The molecule has 1 heterocycles. The number of ether oxygens (including phenoxy) is 1. The number of hydrogen-bond donors (Lipinski definition) is 0. The standard InChI is InChI=1S/C13H16O2/c1-13(9-10-15-12(13)14)8-7-11-5-3-2-4-6-11/h2-6H,7-10H2,1H3/t13-/m1/s1. The monoisotopic (exact) mass is 204 g/mol. The van der Waals surface area contributed by atoms with Crippen LogP contribution in [0.4, 0.5) is 0 Å². The van der Waals surface area contributed by atoms with Gasteiger partial charge in [0.15, 0.2) is 0 Å². The molecule has 15 heavy (non-hydrogen) atoms. The minimum atomic E-state index is -0.254. The molecule has 2 heteroatoms. The zero-order valence-corrected chi connectivity index (χ0v) is 9.03. The Balaban J connectivity index is 1.96. The van der Waals surface area contributed by atoms with Gasteiger partial charge in [0.25, 0.3) is 0 Å². The molecule has 0 bridgehead atoms. The molecule has 1 saturated heterocycles. The Hall–Kier alpha value is -1.31. The molecular weight excluding hydrogens is 188 g/mol. The van der Waals surface area contributed by atoms with Gasteiger partial charge in [-0.15, -0.1) is 0 Å². The van der Waals surface area contributed by atoms with Crippen molar-refractivity contribution in [1.82, 2.24) is 0 Å². The fraction of sp³-hybridized carbons (Fsp3) is 0.462. The maximum absolute atomic E-state index is 11.5. The fourth-order valence-corrected chi connectivity index (χ4v) is 1.94. The van der Waals surface area contributed by atoms with Gasteiger partial charge in [0.1, 0.15) is 0 Å². The molecule has 80 valence electrons. The van der Waals surface area contributed by atoms with Gasteiger partial charge >= 0.3 is 5.97 Å². The third-order valence-corrected chi connectivity index (χ3v) is 3.19. The van der Waals surface area contributed by atoms with Crippen molar-refractivity contribution in [2.75, 3.05) is 6.61 Å². The fourth-order valence-electron chi connectivity index (χ4n) is 1.94. The SMILES string of the molecule is C[C@@]1(CCc2ccccc2)CCOC1=O. The molecular formula is C13H16O2. The van der Waals surface area contributed by atoms with Gasteiger partial charge in [0.2, 0.25) is 0 Å². The van der Waals surface area contributed by atoms with Gasteiger partial charge in [-0.25, -0.2) is 0 Å². The third kappa shape index (κ3) is 2.20. The zero-order chi connectivity index (χ0) is 10.7. The van der Waals surface area contributed by atoms with Gasteiger partial charge in [-0.3, -0.25) is 4.79 Å². The van der Waals surface area contributed by atoms with Crippen molar-refractivity contribution in [3.8, 4) is 0 Å². The summed E-state index contributed by atoms with van der Waals surface area (Å²) in [7, 11) is 0. The molecule has 1 aromatic carbocycles. The van der Waals surface area contributed by atoms with E-state index in [4.69, 9.17) is 4.74 Å². The molecule has 0 aliphatic carbocycles. The van der Waals surface area contributed by atoms with Gasteiger partial charge in [-0.1, -0.05) is 30.3 Å². The molecule has 0 unspecified atom stereocenters. The predicted octanol–water partition coefficient (Wildman–Crippen LogP) is 2.57. The normalized spacial score (nSPS) is 25.3. The summed E-state index contributed by atoms with van der Waals surface area (Å²) < 4.78 is 5.02. The van der Waals surface area contributed by atoms with Crippen LogP contribution in [0.15, 0.2) is 30.3 Å². The summed E-state index contributed by atoms with van der Waals surface area (Å²) in [6.07, 6.45) is 2.70. The van der Waals surface area contributed by atoms with Crippen LogP contribution in [0.2, 0.25) is 0 Å². The molecule has 0 amide bonds. The quantitative estimate of drug-likeness (QED) is 0.707. The van der Waals surface area contributed by atoms with Crippen LogP contribution >= 0.6 is 0 Å². The van der Waals surface area contributed by atoms with E-state index in [9.17, 15) is 4.79 Å². The predicted molar refractivity (Wildman–Crippen MR) is 58.4 cm³/mol. The number of carbonyl (C=O) groups is 1. The van der Waals surface area contributed by atoms with Gasteiger partial charge in [0.05, 0.1) is 12.0 Å². The highest BCUT2D eigenvalue weighted by Gasteiger charge is 2.39. The summed E-state index contributed by atoms with van der Waals surface area (Å²) >= 11 is 0. The second-order valence-electron chi connectivity index (χ2n) is 4.43. The van der Waals surface area contributed by atoms with E-state index >= 15 is 0 Å². The number of esters is 1. The molecule has 0 saturated carbocycles. The lowest BCUT2D eigenvalue weighted by Gasteiger charge is -2.18. The first-order valence-electron chi connectivity index (χ1n) is 5.42. The molecule has 0 spiro atoms. The summed E-state index contributed by atoms with van der Waals surface area (Å²) in [4.78, 5) is 11.5. The van der Waals surface area contributed by atoms with E-state index in [1.54, 1.807) is 0 Å². The minimum absolute atomic E-state index is 0.0292. The van der Waals surface area contributed by atoms with E-state index in [2.05, 4.69) is 12.1 Å². The second-order valence-corrected chi connectivity index (χ2v) is 4.43. The van der Waals surface area contributed by atoms with Crippen molar-refractivity contribution in [3.63, 3.8) is 0 Å². The zero-order valence-electron chi connectivity index (χ0n) is 9.03. The summed E-state index contributed by atoms with van der Waals surface area (Å²) in [5, 5.41) is 0. The van der Waals surface area contributed by atoms with E-state index in [1.807, 2.05) is 25.1 Å². The molecule has 1 aliphatic rings. The molecule has 0 N–H and O–H groups in total. The Morgan fingerprint density at radius 2 is 2.07 bits per heavy atom. The van der Waals surface area contributed by atoms with Crippen LogP contribution in [0.3, 0.4) is 0 Å². The lowest BCUT2D eigenvalue weighted by molar-refractivity contribution is -0.145. The van der Waals surface area contributed by atoms with Crippen LogP contribution in [-0.4, -0.2) is 12.6 Å². The van der Waals surface area contributed by atoms with Crippen molar-refractivity contribution >= 4 is 5.97 Å². The van der Waals surface area contributed by atoms with Gasteiger partial charge < -0.3 is 4.74 Å². The Bertz CT molecular complexity index is 345. The largest absolute Gasteiger partial charge is 0.465 e. The van der Waals surface area contributed by atoms with Crippen LogP contribution in [0.5, 0.6) is 0 Å². The lowest BCUT2D eigenvalue weighted by atomic mass is 9.83. The van der Waals surface area contributed by atoms with Crippen molar-refractivity contribution in [2.45, 2.75) is 26.2 Å². The van der Waals surface area contributed by atoms with Crippen LogP contribution in [-0.2, 0) is 16.0 Å². The Morgan fingerprint density at radius 1 is 1.33 bits per heavy atom. The Labute approximate surface area is 90.3 Å². The Morgan fingerprint density at radius 3 is 2.67 bits per heavy atom. The molecule has 0 radical (unpaired) electrons.